The summed E-state index contributed by atoms with van der Waals surface area (Å²) >= 11 is -18.5. The van der Waals surface area contributed by atoms with Crippen LogP contribution in [0, 0.1) is 0 Å². The molecule has 96 valence electrons. The molecule has 0 aliphatic carbocycles. The average Bonchev–Trinajstić information content (AvgIpc) is 1.41. The van der Waals surface area contributed by atoms with Gasteiger partial charge in [0.2, 0.25) is 0 Å². The van der Waals surface area contributed by atoms with Gasteiger partial charge in [0.25, 0.3) is 0 Å². The van der Waals surface area contributed by atoms with Crippen LogP contribution < -0.4 is 22.6 Å². The normalized spacial score (nSPS) is 10.2. The standard InChI is InChI=1S/12O.3W.2Y/q;;;;;;6*-1;;;;2*+3. The summed E-state index contributed by atoms with van der Waals surface area (Å²) < 4.78 is 104. The van der Waals surface area contributed by atoms with E-state index in [1.54, 1.807) is 0 Å². The summed E-state index contributed by atoms with van der Waals surface area (Å²) in [5.41, 5.74) is 0. The van der Waals surface area contributed by atoms with Gasteiger partial charge >= 0.3 is 159 Å². The number of hydrogen-bond acceptors (Lipinski definition) is 12. The van der Waals surface area contributed by atoms with E-state index in [2.05, 4.69) is 0 Å². The topological polar surface area (TPSA) is 241 Å². The fourth-order valence-electron chi connectivity index (χ4n) is 0. The van der Waals surface area contributed by atoms with E-state index in [-0.39, 0.29) is 65.4 Å². The fourth-order valence-corrected chi connectivity index (χ4v) is 0. The minimum absolute atomic E-state index is 0. The van der Waals surface area contributed by atoms with Crippen LogP contribution >= 0.6 is 0 Å². The van der Waals surface area contributed by atoms with E-state index in [1.165, 1.54) is 0 Å². The summed E-state index contributed by atoms with van der Waals surface area (Å²) in [6.45, 7) is 0. The molecule has 0 aliphatic heterocycles. The first-order chi connectivity index (χ1) is 6.00. The van der Waals surface area contributed by atoms with Crippen LogP contribution in [0.2, 0.25) is 0 Å². The van der Waals surface area contributed by atoms with Crippen molar-refractivity contribution < 1.29 is 159 Å². The van der Waals surface area contributed by atoms with Crippen molar-refractivity contribution in [3.63, 3.8) is 0 Å². The van der Waals surface area contributed by atoms with Gasteiger partial charge in [0, 0.05) is 0 Å². The zero-order valence-electron chi connectivity index (χ0n) is 7.28. The van der Waals surface area contributed by atoms with Crippen molar-refractivity contribution >= 4 is 0 Å². The Hall–Kier alpha value is 2.83. The Morgan fingerprint density at radius 1 is 0.412 bits per heavy atom. The molecule has 0 aromatic carbocycles. The minimum Gasteiger partial charge on any atom is 3.00 e. The molecule has 0 unspecified atom stereocenters. The first-order valence-corrected chi connectivity index (χ1v) is 16.4. The van der Waals surface area contributed by atoms with E-state index < -0.39 is 50.2 Å². The van der Waals surface area contributed by atoms with Gasteiger partial charge in [-0.1, -0.05) is 0 Å². The minimum atomic E-state index is -6.17. The predicted octanol–water partition coefficient (Wildman–Crippen LogP) is -7.86. The summed E-state index contributed by atoms with van der Waals surface area (Å²) in [5.74, 6) is 0. The van der Waals surface area contributed by atoms with Crippen LogP contribution in [-0.2, 0) is 136 Å². The summed E-state index contributed by atoms with van der Waals surface area (Å²) in [5, 5.41) is 0. The van der Waals surface area contributed by atoms with Gasteiger partial charge in [-0.2, -0.15) is 0 Å². The maximum absolute atomic E-state index is 8.65. The molecule has 0 radical (unpaired) electrons. The van der Waals surface area contributed by atoms with Crippen LogP contribution in [0.15, 0.2) is 0 Å². The molecular weight excluding hydrogens is 921 g/mol. The molecule has 0 atom stereocenters. The summed E-state index contributed by atoms with van der Waals surface area (Å²) in [6, 6.07) is 0. The van der Waals surface area contributed by atoms with E-state index in [0.29, 0.717) is 0 Å². The Labute approximate surface area is 155 Å². The second-order valence-electron chi connectivity index (χ2n) is 1.22. The Bertz CT molecular complexity index is 341. The fraction of sp³-hybridized carbons (Fsp3) is 0. The largest absolute Gasteiger partial charge is 3.00 e. The number of rotatable bonds is 0. The van der Waals surface area contributed by atoms with Crippen molar-refractivity contribution in [1.29, 1.82) is 0 Å². The Kier molecular flexibility index (Phi) is 26.0. The SMILES string of the molecule is [O]=[W](=[O])([O-])[O-].[O]=[W](=[O])([O-])[O-].[O]=[W](=[O])([O-])[O-].[Y+3].[Y+3]. The third-order valence-electron chi connectivity index (χ3n) is 0. The summed E-state index contributed by atoms with van der Waals surface area (Å²) in [6.07, 6.45) is 0. The Morgan fingerprint density at radius 3 is 0.412 bits per heavy atom. The van der Waals surface area contributed by atoms with Crippen molar-refractivity contribution in [3.8, 4) is 0 Å². The predicted molar refractivity (Wildman–Crippen MR) is 4.12 cm³/mol. The Morgan fingerprint density at radius 2 is 0.412 bits per heavy atom. The van der Waals surface area contributed by atoms with Crippen LogP contribution in [0.5, 0.6) is 0 Å². The van der Waals surface area contributed by atoms with Crippen molar-refractivity contribution in [2.45, 2.75) is 0 Å². The monoisotopic (exact) mass is 922 g/mol. The van der Waals surface area contributed by atoms with Crippen LogP contribution in [0.3, 0.4) is 0 Å². The quantitative estimate of drug-likeness (QED) is 0.220. The van der Waals surface area contributed by atoms with Gasteiger partial charge in [-0.15, -0.1) is 0 Å². The molecule has 0 bridgehead atoms. The van der Waals surface area contributed by atoms with Gasteiger partial charge in [-0.3, -0.25) is 0 Å². The third-order valence-corrected chi connectivity index (χ3v) is 0. The van der Waals surface area contributed by atoms with E-state index in [0.717, 1.165) is 0 Å². The zero-order valence-corrected chi connectivity index (χ0v) is 21.8. The van der Waals surface area contributed by atoms with E-state index in [1.807, 2.05) is 0 Å². The average molecular weight is 921 g/mol. The first kappa shape index (κ1) is 32.0. The van der Waals surface area contributed by atoms with Gasteiger partial charge in [-0.05, 0) is 0 Å². The molecule has 0 heterocycles. The molecule has 0 aromatic heterocycles. The van der Waals surface area contributed by atoms with Crippen LogP contribution in [0.1, 0.15) is 0 Å². The molecule has 0 amide bonds. The van der Waals surface area contributed by atoms with Gasteiger partial charge in [0.05, 0.1) is 0 Å². The molecule has 0 N–H and O–H groups in total. The molecule has 0 saturated carbocycles. The number of hydrogen-bond donors (Lipinski definition) is 0. The van der Waals surface area contributed by atoms with Crippen molar-refractivity contribution in [2.24, 2.45) is 0 Å². The first-order valence-electron chi connectivity index (χ1n) is 2.00. The molecule has 17 heavy (non-hydrogen) atoms. The Balaban J connectivity index is -0.0000000400. The molecule has 0 rings (SSSR count). The van der Waals surface area contributed by atoms with Crippen molar-refractivity contribution in [2.75, 3.05) is 0 Å². The van der Waals surface area contributed by atoms with Crippen molar-refractivity contribution in [1.82, 2.24) is 0 Å². The second-order valence-corrected chi connectivity index (χ2v) is 10.0. The van der Waals surface area contributed by atoms with Gasteiger partial charge in [-0.25, -0.2) is 0 Å². The second kappa shape index (κ2) is 13.8. The van der Waals surface area contributed by atoms with E-state index in [9.17, 15) is 0 Å². The molecular formula is O12W3Y2. The van der Waals surface area contributed by atoms with Gasteiger partial charge in [0.15, 0.2) is 0 Å². The summed E-state index contributed by atoms with van der Waals surface area (Å²) in [4.78, 5) is 0. The van der Waals surface area contributed by atoms with Crippen LogP contribution in [0.25, 0.3) is 0 Å². The maximum atomic E-state index is 8.65. The van der Waals surface area contributed by atoms with Crippen LogP contribution in [-0.4, -0.2) is 0 Å². The molecule has 17 heteroatoms. The van der Waals surface area contributed by atoms with Gasteiger partial charge in [0.1, 0.15) is 0 Å². The third kappa shape index (κ3) is 665. The summed E-state index contributed by atoms with van der Waals surface area (Å²) in [7, 11) is 0. The van der Waals surface area contributed by atoms with Crippen molar-refractivity contribution in [3.05, 3.63) is 0 Å². The zero-order chi connectivity index (χ0) is 13.5. The molecule has 12 nitrogen and oxygen atoms in total. The molecule has 0 fully saturated rings. The molecule has 0 aliphatic rings. The van der Waals surface area contributed by atoms with E-state index in [4.69, 9.17) is 42.9 Å². The van der Waals surface area contributed by atoms with Crippen LogP contribution in [0.4, 0.5) is 0 Å². The molecule has 0 spiro atoms. The van der Waals surface area contributed by atoms with E-state index >= 15 is 0 Å². The smallest absolute Gasteiger partial charge is 3.00 e. The molecule has 0 aromatic rings. The maximum Gasteiger partial charge on any atom is 3.00 e. The molecule has 0 saturated heterocycles. The van der Waals surface area contributed by atoms with Gasteiger partial charge < -0.3 is 0 Å².